The molecule has 2 aromatic heterocycles. The van der Waals surface area contributed by atoms with E-state index in [4.69, 9.17) is 4.74 Å². The third kappa shape index (κ3) is 3.81. The van der Waals surface area contributed by atoms with Gasteiger partial charge in [0.2, 0.25) is 5.91 Å². The van der Waals surface area contributed by atoms with Crippen molar-refractivity contribution in [2.45, 2.75) is 38.3 Å². The number of nitrogens with zero attached hydrogens (tertiary/aromatic N) is 5. The summed E-state index contributed by atoms with van der Waals surface area (Å²) in [6.07, 6.45) is 9.22. The molecule has 0 saturated carbocycles. The van der Waals surface area contributed by atoms with Gasteiger partial charge in [0.1, 0.15) is 6.10 Å². The lowest BCUT2D eigenvalue weighted by Gasteiger charge is -2.22. The van der Waals surface area contributed by atoms with Crippen molar-refractivity contribution in [3.63, 3.8) is 0 Å². The molecule has 0 bridgehead atoms. The topological polar surface area (TPSA) is 63.5 Å². The van der Waals surface area contributed by atoms with E-state index in [1.165, 1.54) is 12.8 Å². The molecule has 2 aliphatic rings. The number of aromatic nitrogens is 3. The van der Waals surface area contributed by atoms with Gasteiger partial charge < -0.3 is 14.5 Å². The van der Waals surface area contributed by atoms with Gasteiger partial charge in [0.15, 0.2) is 11.6 Å². The molecule has 7 heteroatoms. The number of hydrogen-bond acceptors (Lipinski definition) is 5. The number of aryl methyl sites for hydroxylation is 1. The highest BCUT2D eigenvalue weighted by atomic mass is 16.5. The fourth-order valence-corrected chi connectivity index (χ4v) is 3.67. The molecule has 4 rings (SSSR count). The van der Waals surface area contributed by atoms with Crippen molar-refractivity contribution in [3.05, 3.63) is 36.8 Å². The van der Waals surface area contributed by atoms with Crippen molar-refractivity contribution in [2.24, 2.45) is 0 Å². The molecule has 0 spiro atoms. The summed E-state index contributed by atoms with van der Waals surface area (Å²) in [5.41, 5.74) is 0. The molecule has 1 amide bonds. The molecular weight excluding hydrogens is 330 g/mol. The summed E-state index contributed by atoms with van der Waals surface area (Å²) in [6.45, 7) is 4.09. The van der Waals surface area contributed by atoms with Gasteiger partial charge in [-0.2, -0.15) is 5.10 Å². The summed E-state index contributed by atoms with van der Waals surface area (Å²) in [5.74, 6) is 1.94. The lowest BCUT2D eigenvalue weighted by atomic mass is 10.3. The van der Waals surface area contributed by atoms with Crippen molar-refractivity contribution in [1.29, 1.82) is 0 Å². The maximum absolute atomic E-state index is 12.4. The van der Waals surface area contributed by atoms with E-state index in [2.05, 4.69) is 15.0 Å². The van der Waals surface area contributed by atoms with Gasteiger partial charge in [-0.25, -0.2) is 4.98 Å². The average molecular weight is 355 g/mol. The van der Waals surface area contributed by atoms with E-state index in [1.807, 2.05) is 35.5 Å². The smallest absolute Gasteiger partial charge is 0.224 e. The molecule has 0 radical (unpaired) electrons. The average Bonchev–Trinajstić information content (AvgIpc) is 3.42. The van der Waals surface area contributed by atoms with Crippen LogP contribution in [0.2, 0.25) is 0 Å². The summed E-state index contributed by atoms with van der Waals surface area (Å²) in [7, 11) is 0. The second-order valence-corrected chi connectivity index (χ2v) is 6.91. The van der Waals surface area contributed by atoms with E-state index in [9.17, 15) is 4.79 Å². The van der Waals surface area contributed by atoms with Crippen molar-refractivity contribution in [3.8, 4) is 5.75 Å². The van der Waals surface area contributed by atoms with Crippen LogP contribution in [0.4, 0.5) is 5.82 Å². The van der Waals surface area contributed by atoms with Crippen LogP contribution in [-0.2, 0) is 11.3 Å². The lowest BCUT2D eigenvalue weighted by Crippen LogP contribution is -2.31. The number of likely N-dealkylation sites (tertiary alicyclic amines) is 1. The van der Waals surface area contributed by atoms with Gasteiger partial charge in [-0.3, -0.25) is 9.48 Å². The first-order chi connectivity index (χ1) is 12.8. The zero-order valence-electron chi connectivity index (χ0n) is 15.0. The maximum atomic E-state index is 12.4. The predicted molar refractivity (Wildman–Crippen MR) is 98.1 cm³/mol. The maximum Gasteiger partial charge on any atom is 0.224 e. The van der Waals surface area contributed by atoms with Crippen LogP contribution < -0.4 is 9.64 Å². The number of carbonyl (C=O) groups is 1. The second-order valence-electron chi connectivity index (χ2n) is 6.91. The number of anilines is 1. The number of ether oxygens (including phenoxy) is 1. The Morgan fingerprint density at radius 3 is 2.88 bits per heavy atom. The van der Waals surface area contributed by atoms with Crippen LogP contribution in [0.15, 0.2) is 36.8 Å². The van der Waals surface area contributed by atoms with Crippen LogP contribution in [-0.4, -0.2) is 57.9 Å². The summed E-state index contributed by atoms with van der Waals surface area (Å²) in [4.78, 5) is 21.1. The van der Waals surface area contributed by atoms with Gasteiger partial charge in [-0.1, -0.05) is 0 Å². The molecule has 26 heavy (non-hydrogen) atoms. The Morgan fingerprint density at radius 1 is 1.19 bits per heavy atom. The highest BCUT2D eigenvalue weighted by Gasteiger charge is 2.28. The van der Waals surface area contributed by atoms with Gasteiger partial charge in [-0.05, 0) is 31.0 Å². The fourth-order valence-electron chi connectivity index (χ4n) is 3.67. The monoisotopic (exact) mass is 355 g/mol. The Bertz CT molecular complexity index is 727. The minimum atomic E-state index is 0.0363. The fraction of sp³-hybridized carbons (Fsp3) is 0.526. The molecule has 7 nitrogen and oxygen atoms in total. The zero-order chi connectivity index (χ0) is 17.8. The van der Waals surface area contributed by atoms with Crippen molar-refractivity contribution in [2.75, 3.05) is 31.1 Å². The number of amides is 1. The van der Waals surface area contributed by atoms with Crippen LogP contribution in [0.25, 0.3) is 0 Å². The normalized spacial score (nSPS) is 19.9. The van der Waals surface area contributed by atoms with E-state index < -0.39 is 0 Å². The first kappa shape index (κ1) is 16.9. The minimum Gasteiger partial charge on any atom is -0.485 e. The van der Waals surface area contributed by atoms with Crippen LogP contribution in [0.5, 0.6) is 5.75 Å². The predicted octanol–water partition coefficient (Wildman–Crippen LogP) is 1.95. The van der Waals surface area contributed by atoms with Crippen LogP contribution in [0.1, 0.15) is 25.7 Å². The van der Waals surface area contributed by atoms with Crippen molar-refractivity contribution in [1.82, 2.24) is 19.7 Å². The summed E-state index contributed by atoms with van der Waals surface area (Å²) >= 11 is 0. The van der Waals surface area contributed by atoms with Gasteiger partial charge in [0.25, 0.3) is 0 Å². The van der Waals surface area contributed by atoms with E-state index in [0.29, 0.717) is 19.5 Å². The molecule has 0 N–H and O–H groups in total. The van der Waals surface area contributed by atoms with Gasteiger partial charge in [0.05, 0.1) is 6.54 Å². The van der Waals surface area contributed by atoms with E-state index >= 15 is 0 Å². The molecule has 2 fully saturated rings. The largest absolute Gasteiger partial charge is 0.485 e. The zero-order valence-corrected chi connectivity index (χ0v) is 15.0. The molecule has 0 aromatic carbocycles. The highest BCUT2D eigenvalue weighted by molar-refractivity contribution is 5.76. The van der Waals surface area contributed by atoms with E-state index in [-0.39, 0.29) is 12.0 Å². The molecule has 2 saturated heterocycles. The van der Waals surface area contributed by atoms with E-state index in [1.54, 1.807) is 10.9 Å². The molecular formula is C19H25N5O2. The number of rotatable bonds is 6. The standard InChI is InChI=1S/C19H25N5O2/c25-18(7-14-24-12-4-9-21-24)23-13-6-16(15-23)26-17-5-3-8-20-19(17)22-10-1-2-11-22/h3-5,8-9,12,16H,1-2,6-7,10-11,13-15H2/t16-/m1/s1. The molecule has 1 atom stereocenters. The Balaban J connectivity index is 1.32. The molecule has 0 unspecified atom stereocenters. The van der Waals surface area contributed by atoms with Gasteiger partial charge in [0, 0.05) is 57.6 Å². The molecule has 2 aromatic rings. The van der Waals surface area contributed by atoms with E-state index in [0.717, 1.165) is 37.6 Å². The summed E-state index contributed by atoms with van der Waals surface area (Å²) in [6, 6.07) is 5.77. The Morgan fingerprint density at radius 2 is 2.08 bits per heavy atom. The number of carbonyl (C=O) groups excluding carboxylic acids is 1. The molecule has 2 aliphatic heterocycles. The SMILES string of the molecule is O=C(CCn1cccn1)N1CC[C@@H](Oc2cccnc2N2CCCC2)C1. The first-order valence-corrected chi connectivity index (χ1v) is 9.41. The Kier molecular flexibility index (Phi) is 5.04. The Labute approximate surface area is 153 Å². The quantitative estimate of drug-likeness (QED) is 0.792. The molecule has 0 aliphatic carbocycles. The third-order valence-electron chi connectivity index (χ3n) is 5.06. The van der Waals surface area contributed by atoms with Crippen LogP contribution >= 0.6 is 0 Å². The number of pyridine rings is 1. The first-order valence-electron chi connectivity index (χ1n) is 9.41. The van der Waals surface area contributed by atoms with Gasteiger partial charge in [-0.15, -0.1) is 0 Å². The van der Waals surface area contributed by atoms with Crippen molar-refractivity contribution < 1.29 is 9.53 Å². The second kappa shape index (κ2) is 7.76. The molecule has 4 heterocycles. The highest BCUT2D eigenvalue weighted by Crippen LogP contribution is 2.30. The summed E-state index contributed by atoms with van der Waals surface area (Å²) in [5, 5.41) is 4.14. The van der Waals surface area contributed by atoms with Crippen molar-refractivity contribution >= 4 is 11.7 Å². The Hall–Kier alpha value is -2.57. The van der Waals surface area contributed by atoms with Gasteiger partial charge >= 0.3 is 0 Å². The lowest BCUT2D eigenvalue weighted by molar-refractivity contribution is -0.130. The molecule has 138 valence electrons. The van der Waals surface area contributed by atoms with Crippen LogP contribution in [0.3, 0.4) is 0 Å². The number of hydrogen-bond donors (Lipinski definition) is 0. The summed E-state index contributed by atoms with van der Waals surface area (Å²) < 4.78 is 8.03. The minimum absolute atomic E-state index is 0.0363. The third-order valence-corrected chi connectivity index (χ3v) is 5.06. The van der Waals surface area contributed by atoms with Crippen LogP contribution in [0, 0.1) is 0 Å².